The number of ether oxygens (including phenoxy) is 2. The van der Waals surface area contributed by atoms with E-state index in [1.165, 1.54) is 7.05 Å². The van der Waals surface area contributed by atoms with E-state index < -0.39 is 11.9 Å². The quantitative estimate of drug-likeness (QED) is 0.785. The lowest BCUT2D eigenvalue weighted by Crippen LogP contribution is -2.32. The number of nitrogens with zero attached hydrogens (tertiary/aromatic N) is 1. The summed E-state index contributed by atoms with van der Waals surface area (Å²) in [5.74, 6) is -1.11. The van der Waals surface area contributed by atoms with Gasteiger partial charge in [-0.3, -0.25) is 4.79 Å². The normalized spacial score (nSPS) is 12.3. The van der Waals surface area contributed by atoms with Crippen molar-refractivity contribution in [3.8, 4) is 11.5 Å². The SMILES string of the molecule is Cc1cc2c(cc1CN(C)C(=O)C(=O)O)OCO2. The minimum absolute atomic E-state index is 0.183. The van der Waals surface area contributed by atoms with Crippen LogP contribution < -0.4 is 9.47 Å². The summed E-state index contributed by atoms with van der Waals surface area (Å²) in [4.78, 5) is 23.0. The third-order valence-electron chi connectivity index (χ3n) is 2.77. The van der Waals surface area contributed by atoms with E-state index in [1.807, 2.05) is 13.0 Å². The molecule has 1 aromatic rings. The van der Waals surface area contributed by atoms with Gasteiger partial charge in [0, 0.05) is 13.6 Å². The van der Waals surface area contributed by atoms with Crippen LogP contribution in [0.5, 0.6) is 11.5 Å². The Kier molecular flexibility index (Phi) is 3.10. The molecule has 6 nitrogen and oxygen atoms in total. The zero-order valence-electron chi connectivity index (χ0n) is 10.1. The van der Waals surface area contributed by atoms with Gasteiger partial charge in [0.1, 0.15) is 0 Å². The maximum atomic E-state index is 11.3. The molecule has 6 heteroatoms. The van der Waals surface area contributed by atoms with Crippen LogP contribution in [0.1, 0.15) is 11.1 Å². The van der Waals surface area contributed by atoms with Crippen molar-refractivity contribution in [3.63, 3.8) is 0 Å². The molecule has 1 aromatic carbocycles. The van der Waals surface area contributed by atoms with Gasteiger partial charge in [0.2, 0.25) is 6.79 Å². The number of amides is 1. The number of aryl methyl sites for hydroxylation is 1. The molecule has 0 aliphatic carbocycles. The monoisotopic (exact) mass is 251 g/mol. The highest BCUT2D eigenvalue weighted by molar-refractivity contribution is 6.31. The number of benzene rings is 1. The first-order valence-corrected chi connectivity index (χ1v) is 5.36. The molecule has 1 N–H and O–H groups in total. The van der Waals surface area contributed by atoms with Gasteiger partial charge in [-0.15, -0.1) is 0 Å². The van der Waals surface area contributed by atoms with Crippen LogP contribution in [0.25, 0.3) is 0 Å². The summed E-state index contributed by atoms with van der Waals surface area (Å²) in [6.07, 6.45) is 0. The molecule has 1 amide bonds. The number of fused-ring (bicyclic) bond motifs is 1. The van der Waals surface area contributed by atoms with E-state index in [0.717, 1.165) is 16.0 Å². The third-order valence-corrected chi connectivity index (χ3v) is 2.77. The van der Waals surface area contributed by atoms with Gasteiger partial charge in [-0.1, -0.05) is 0 Å². The molecule has 0 radical (unpaired) electrons. The van der Waals surface area contributed by atoms with Crippen LogP contribution in [-0.4, -0.2) is 35.7 Å². The fourth-order valence-corrected chi connectivity index (χ4v) is 1.75. The van der Waals surface area contributed by atoms with Gasteiger partial charge in [-0.05, 0) is 30.2 Å². The zero-order chi connectivity index (χ0) is 13.3. The lowest BCUT2D eigenvalue weighted by atomic mass is 10.1. The number of carboxylic acid groups (broad SMARTS) is 1. The Hall–Kier alpha value is -2.24. The second-order valence-electron chi connectivity index (χ2n) is 4.10. The summed E-state index contributed by atoms with van der Waals surface area (Å²) in [7, 11) is 1.44. The number of hydrogen-bond donors (Lipinski definition) is 1. The first-order chi connectivity index (χ1) is 8.49. The van der Waals surface area contributed by atoms with E-state index in [4.69, 9.17) is 14.6 Å². The molecule has 0 aromatic heterocycles. The van der Waals surface area contributed by atoms with Crippen molar-refractivity contribution in [2.75, 3.05) is 13.8 Å². The highest BCUT2D eigenvalue weighted by Gasteiger charge is 2.20. The summed E-state index contributed by atoms with van der Waals surface area (Å²) < 4.78 is 10.5. The Morgan fingerprint density at radius 2 is 1.94 bits per heavy atom. The maximum Gasteiger partial charge on any atom is 0.394 e. The van der Waals surface area contributed by atoms with Crippen LogP contribution >= 0.6 is 0 Å². The van der Waals surface area contributed by atoms with Crippen molar-refractivity contribution in [2.45, 2.75) is 13.5 Å². The number of carboxylic acids is 1. The van der Waals surface area contributed by atoms with Crippen LogP contribution in [0.2, 0.25) is 0 Å². The van der Waals surface area contributed by atoms with Crippen LogP contribution in [-0.2, 0) is 16.1 Å². The molecular weight excluding hydrogens is 238 g/mol. The average Bonchev–Trinajstić information content (AvgIpc) is 2.75. The molecule has 0 spiro atoms. The van der Waals surface area contributed by atoms with Crippen molar-refractivity contribution in [1.29, 1.82) is 0 Å². The summed E-state index contributed by atoms with van der Waals surface area (Å²) >= 11 is 0. The standard InChI is InChI=1S/C12H13NO5/c1-7-3-9-10(18-6-17-9)4-8(7)5-13(2)11(14)12(15)16/h3-4H,5-6H2,1-2H3,(H,15,16). The molecule has 0 saturated heterocycles. The van der Waals surface area contributed by atoms with Gasteiger partial charge >= 0.3 is 11.9 Å². The molecule has 0 saturated carbocycles. The largest absolute Gasteiger partial charge is 0.474 e. The summed E-state index contributed by atoms with van der Waals surface area (Å²) in [6, 6.07) is 3.58. The number of aliphatic carboxylic acids is 1. The Bertz CT molecular complexity index is 511. The van der Waals surface area contributed by atoms with Crippen molar-refractivity contribution in [2.24, 2.45) is 0 Å². The van der Waals surface area contributed by atoms with Gasteiger partial charge in [0.25, 0.3) is 0 Å². The molecule has 96 valence electrons. The molecule has 0 unspecified atom stereocenters. The highest BCUT2D eigenvalue weighted by Crippen LogP contribution is 2.34. The predicted octanol–water partition coefficient (Wildman–Crippen LogP) is 0.767. The van der Waals surface area contributed by atoms with Gasteiger partial charge in [-0.2, -0.15) is 0 Å². The molecular formula is C12H13NO5. The maximum absolute atomic E-state index is 11.3. The molecule has 0 fully saturated rings. The average molecular weight is 251 g/mol. The summed E-state index contributed by atoms with van der Waals surface area (Å²) in [5, 5.41) is 8.62. The van der Waals surface area contributed by atoms with E-state index in [0.29, 0.717) is 11.5 Å². The van der Waals surface area contributed by atoms with Crippen LogP contribution in [0, 0.1) is 6.92 Å². The number of hydrogen-bond acceptors (Lipinski definition) is 4. The van der Waals surface area contributed by atoms with E-state index >= 15 is 0 Å². The summed E-state index contributed by atoms with van der Waals surface area (Å²) in [6.45, 7) is 2.27. The van der Waals surface area contributed by atoms with Crippen LogP contribution in [0.15, 0.2) is 12.1 Å². The van der Waals surface area contributed by atoms with Crippen LogP contribution in [0.4, 0.5) is 0 Å². The first kappa shape index (κ1) is 12.2. The molecule has 2 rings (SSSR count). The third kappa shape index (κ3) is 2.22. The van der Waals surface area contributed by atoms with Gasteiger partial charge in [0.15, 0.2) is 11.5 Å². The van der Waals surface area contributed by atoms with Gasteiger partial charge < -0.3 is 19.5 Å². The van der Waals surface area contributed by atoms with Crippen molar-refractivity contribution >= 4 is 11.9 Å². The molecule has 0 atom stereocenters. The molecule has 0 bridgehead atoms. The van der Waals surface area contributed by atoms with Crippen molar-refractivity contribution in [1.82, 2.24) is 4.90 Å². The summed E-state index contributed by atoms with van der Waals surface area (Å²) in [5.41, 5.74) is 1.75. The molecule has 1 heterocycles. The number of carbonyl (C=O) groups is 2. The minimum Gasteiger partial charge on any atom is -0.474 e. The van der Waals surface area contributed by atoms with Crippen LogP contribution in [0.3, 0.4) is 0 Å². The number of carbonyl (C=O) groups excluding carboxylic acids is 1. The van der Waals surface area contributed by atoms with Crippen molar-refractivity contribution < 1.29 is 24.2 Å². The Labute approximate surface area is 104 Å². The van der Waals surface area contributed by atoms with E-state index in [9.17, 15) is 9.59 Å². The fraction of sp³-hybridized carbons (Fsp3) is 0.333. The number of likely N-dealkylation sites (N-methyl/N-ethyl adjacent to an activating group) is 1. The zero-order valence-corrected chi connectivity index (χ0v) is 10.1. The van der Waals surface area contributed by atoms with E-state index in [1.54, 1.807) is 6.07 Å². The first-order valence-electron chi connectivity index (χ1n) is 5.36. The Morgan fingerprint density at radius 1 is 1.33 bits per heavy atom. The fourth-order valence-electron chi connectivity index (χ4n) is 1.75. The van der Waals surface area contributed by atoms with E-state index in [-0.39, 0.29) is 13.3 Å². The van der Waals surface area contributed by atoms with E-state index in [2.05, 4.69) is 0 Å². The molecule has 1 aliphatic rings. The number of rotatable bonds is 2. The topological polar surface area (TPSA) is 76.1 Å². The molecule has 18 heavy (non-hydrogen) atoms. The Morgan fingerprint density at radius 3 is 2.56 bits per heavy atom. The predicted molar refractivity (Wildman–Crippen MR) is 61.4 cm³/mol. The lowest BCUT2D eigenvalue weighted by Gasteiger charge is -2.16. The second-order valence-corrected chi connectivity index (χ2v) is 4.10. The van der Waals surface area contributed by atoms with Crippen molar-refractivity contribution in [3.05, 3.63) is 23.3 Å². The minimum atomic E-state index is -1.46. The highest BCUT2D eigenvalue weighted by atomic mass is 16.7. The molecule has 1 aliphatic heterocycles. The lowest BCUT2D eigenvalue weighted by molar-refractivity contribution is -0.155. The van der Waals surface area contributed by atoms with Gasteiger partial charge in [-0.25, -0.2) is 4.79 Å². The smallest absolute Gasteiger partial charge is 0.394 e. The van der Waals surface area contributed by atoms with Gasteiger partial charge in [0.05, 0.1) is 0 Å². The second kappa shape index (κ2) is 4.56. The Balaban J connectivity index is 2.19.